The lowest BCUT2D eigenvalue weighted by Crippen LogP contribution is -2.31. The Morgan fingerprint density at radius 2 is 1.95 bits per heavy atom. The summed E-state index contributed by atoms with van der Waals surface area (Å²) in [6, 6.07) is 13.1. The van der Waals surface area contributed by atoms with Crippen LogP contribution >= 0.6 is 11.8 Å². The summed E-state index contributed by atoms with van der Waals surface area (Å²) in [7, 11) is 0. The zero-order valence-corrected chi connectivity index (χ0v) is 13.0. The van der Waals surface area contributed by atoms with Gasteiger partial charge >= 0.3 is 0 Å². The normalized spacial score (nSPS) is 18.0. The fraction of sp³-hybridized carbons (Fsp3) is 0.235. The van der Waals surface area contributed by atoms with Gasteiger partial charge in [-0.25, -0.2) is 9.88 Å². The lowest BCUT2D eigenvalue weighted by Gasteiger charge is -2.15. The summed E-state index contributed by atoms with van der Waals surface area (Å²) in [5.74, 6) is -0.312. The molecule has 1 aromatic heterocycles. The topological polar surface area (TPSA) is 50.3 Å². The van der Waals surface area contributed by atoms with Gasteiger partial charge in [0.2, 0.25) is 11.8 Å². The second-order valence-electron chi connectivity index (χ2n) is 5.07. The predicted octanol–water partition coefficient (Wildman–Crippen LogP) is 3.07. The lowest BCUT2D eigenvalue weighted by atomic mass is 10.1. The number of carbonyl (C=O) groups excluding carboxylic acids is 2. The van der Waals surface area contributed by atoms with E-state index >= 15 is 0 Å². The van der Waals surface area contributed by atoms with Crippen LogP contribution < -0.4 is 4.90 Å². The Morgan fingerprint density at radius 3 is 2.59 bits per heavy atom. The molecule has 112 valence electrons. The molecule has 1 atom stereocenters. The van der Waals surface area contributed by atoms with E-state index in [-0.39, 0.29) is 18.2 Å². The molecule has 0 bridgehead atoms. The summed E-state index contributed by atoms with van der Waals surface area (Å²) in [5, 5.41) is 0.366. The van der Waals surface area contributed by atoms with Crippen molar-refractivity contribution in [3.05, 3.63) is 54.2 Å². The molecule has 0 saturated carbocycles. The van der Waals surface area contributed by atoms with Gasteiger partial charge in [-0.3, -0.25) is 9.59 Å². The third-order valence-corrected chi connectivity index (χ3v) is 4.74. The van der Waals surface area contributed by atoms with Crippen LogP contribution in [0.15, 0.2) is 53.7 Å². The summed E-state index contributed by atoms with van der Waals surface area (Å²) >= 11 is 1.35. The van der Waals surface area contributed by atoms with Gasteiger partial charge in [0.1, 0.15) is 0 Å². The highest BCUT2D eigenvalue weighted by molar-refractivity contribution is 8.00. The van der Waals surface area contributed by atoms with E-state index in [1.165, 1.54) is 22.2 Å². The number of aryl methyl sites for hydroxylation is 1. The highest BCUT2D eigenvalue weighted by atomic mass is 32.2. The summed E-state index contributed by atoms with van der Waals surface area (Å²) in [6.45, 7) is 2.07. The Bertz CT molecular complexity index is 686. The maximum atomic E-state index is 12.5. The highest BCUT2D eigenvalue weighted by Gasteiger charge is 2.40. The molecule has 1 unspecified atom stereocenters. The van der Waals surface area contributed by atoms with Crippen LogP contribution in [0.5, 0.6) is 0 Å². The van der Waals surface area contributed by atoms with Crippen LogP contribution in [0.3, 0.4) is 0 Å². The predicted molar refractivity (Wildman–Crippen MR) is 86.8 cm³/mol. The Labute approximate surface area is 133 Å². The standard InChI is InChI=1S/C17H16N2O2S/c1-2-12-6-8-13(9-7-12)19-16(20)11-14(17(19)21)22-15-5-3-4-10-18-15/h3-10,14H,2,11H2,1H3. The Morgan fingerprint density at radius 1 is 1.18 bits per heavy atom. The molecule has 0 aliphatic carbocycles. The largest absolute Gasteiger partial charge is 0.274 e. The van der Waals surface area contributed by atoms with E-state index in [2.05, 4.69) is 11.9 Å². The highest BCUT2D eigenvalue weighted by Crippen LogP contribution is 2.33. The number of hydrogen-bond acceptors (Lipinski definition) is 4. The number of nitrogens with zero attached hydrogens (tertiary/aromatic N) is 2. The van der Waals surface area contributed by atoms with Crippen molar-refractivity contribution in [1.82, 2.24) is 4.98 Å². The first-order valence-electron chi connectivity index (χ1n) is 7.22. The Hall–Kier alpha value is -2.14. The number of thioether (sulfide) groups is 1. The Kier molecular flexibility index (Phi) is 4.24. The van der Waals surface area contributed by atoms with Crippen LogP contribution in [0.1, 0.15) is 18.9 Å². The van der Waals surface area contributed by atoms with E-state index in [1.54, 1.807) is 6.20 Å². The molecule has 3 rings (SSSR count). The molecule has 1 fully saturated rings. The van der Waals surface area contributed by atoms with Crippen molar-refractivity contribution < 1.29 is 9.59 Å². The van der Waals surface area contributed by atoms with Gasteiger partial charge in [-0.05, 0) is 36.2 Å². The third kappa shape index (κ3) is 2.90. The average molecular weight is 312 g/mol. The zero-order chi connectivity index (χ0) is 15.5. The number of hydrogen-bond donors (Lipinski definition) is 0. The number of amides is 2. The van der Waals surface area contributed by atoms with Gasteiger partial charge in [0.15, 0.2) is 0 Å². The zero-order valence-electron chi connectivity index (χ0n) is 12.2. The minimum Gasteiger partial charge on any atom is -0.274 e. The number of aromatic nitrogens is 1. The molecule has 2 heterocycles. The van der Waals surface area contributed by atoms with Gasteiger partial charge in [0.05, 0.1) is 16.0 Å². The van der Waals surface area contributed by atoms with Crippen LogP contribution in [-0.2, 0) is 16.0 Å². The second-order valence-corrected chi connectivity index (χ2v) is 6.29. The molecule has 4 nitrogen and oxygen atoms in total. The van der Waals surface area contributed by atoms with Crippen LogP contribution in [0.25, 0.3) is 0 Å². The molecule has 1 aliphatic rings. The molecule has 0 radical (unpaired) electrons. The molecular weight excluding hydrogens is 296 g/mol. The van der Waals surface area contributed by atoms with Crippen molar-refractivity contribution in [2.75, 3.05) is 4.90 Å². The maximum absolute atomic E-state index is 12.5. The van der Waals surface area contributed by atoms with Gasteiger partial charge in [-0.1, -0.05) is 36.9 Å². The Balaban J connectivity index is 1.79. The quantitative estimate of drug-likeness (QED) is 0.814. The van der Waals surface area contributed by atoms with Crippen molar-refractivity contribution in [1.29, 1.82) is 0 Å². The molecule has 1 aromatic carbocycles. The fourth-order valence-corrected chi connectivity index (χ4v) is 3.41. The number of rotatable bonds is 4. The number of anilines is 1. The first kappa shape index (κ1) is 14.8. The van der Waals surface area contributed by atoms with Crippen molar-refractivity contribution >= 4 is 29.3 Å². The van der Waals surface area contributed by atoms with Crippen LogP contribution in [0.2, 0.25) is 0 Å². The molecule has 5 heteroatoms. The molecule has 2 aromatic rings. The van der Waals surface area contributed by atoms with Crippen molar-refractivity contribution in [2.45, 2.75) is 30.0 Å². The molecule has 2 amide bonds. The first-order valence-corrected chi connectivity index (χ1v) is 8.10. The van der Waals surface area contributed by atoms with Crippen LogP contribution in [-0.4, -0.2) is 22.0 Å². The summed E-state index contributed by atoms with van der Waals surface area (Å²) < 4.78 is 0. The maximum Gasteiger partial charge on any atom is 0.247 e. The van der Waals surface area contributed by atoms with Gasteiger partial charge in [-0.2, -0.15) is 0 Å². The van der Waals surface area contributed by atoms with Crippen molar-refractivity contribution in [3.8, 4) is 0 Å². The smallest absolute Gasteiger partial charge is 0.247 e. The summed E-state index contributed by atoms with van der Waals surface area (Å²) in [6.07, 6.45) is 2.83. The first-order chi connectivity index (χ1) is 10.7. The second kappa shape index (κ2) is 6.32. The molecule has 0 spiro atoms. The summed E-state index contributed by atoms with van der Waals surface area (Å²) in [5.41, 5.74) is 1.83. The van der Waals surface area contributed by atoms with E-state index in [0.717, 1.165) is 11.4 Å². The minimum absolute atomic E-state index is 0.150. The monoisotopic (exact) mass is 312 g/mol. The van der Waals surface area contributed by atoms with E-state index in [4.69, 9.17) is 0 Å². The van der Waals surface area contributed by atoms with Gasteiger partial charge < -0.3 is 0 Å². The number of benzene rings is 1. The average Bonchev–Trinajstić information content (AvgIpc) is 2.82. The van der Waals surface area contributed by atoms with Crippen LogP contribution in [0, 0.1) is 0 Å². The van der Waals surface area contributed by atoms with E-state index in [0.29, 0.717) is 5.69 Å². The number of imide groups is 1. The van der Waals surface area contributed by atoms with Gasteiger partial charge in [0.25, 0.3) is 0 Å². The van der Waals surface area contributed by atoms with Crippen molar-refractivity contribution in [3.63, 3.8) is 0 Å². The van der Waals surface area contributed by atoms with Gasteiger partial charge in [0, 0.05) is 12.6 Å². The van der Waals surface area contributed by atoms with Gasteiger partial charge in [-0.15, -0.1) is 0 Å². The number of carbonyl (C=O) groups is 2. The van der Waals surface area contributed by atoms with E-state index in [1.807, 2.05) is 42.5 Å². The molecule has 1 aliphatic heterocycles. The fourth-order valence-electron chi connectivity index (χ4n) is 2.41. The molecular formula is C17H16N2O2S. The van der Waals surface area contributed by atoms with Crippen molar-refractivity contribution in [2.24, 2.45) is 0 Å². The van der Waals surface area contributed by atoms with Crippen LogP contribution in [0.4, 0.5) is 5.69 Å². The molecule has 22 heavy (non-hydrogen) atoms. The molecule has 0 N–H and O–H groups in total. The lowest BCUT2D eigenvalue weighted by molar-refractivity contribution is -0.121. The van der Waals surface area contributed by atoms with E-state index < -0.39 is 5.25 Å². The third-order valence-electron chi connectivity index (χ3n) is 3.61. The summed E-state index contributed by atoms with van der Waals surface area (Å²) in [4.78, 5) is 30.2. The number of pyridine rings is 1. The molecule has 1 saturated heterocycles. The van der Waals surface area contributed by atoms with E-state index in [9.17, 15) is 9.59 Å². The SMILES string of the molecule is CCc1ccc(N2C(=O)CC(Sc3ccccn3)C2=O)cc1. The minimum atomic E-state index is -0.395.